The highest BCUT2D eigenvalue weighted by molar-refractivity contribution is 5.70. The van der Waals surface area contributed by atoms with E-state index in [0.29, 0.717) is 19.3 Å². The molecule has 1 fully saturated rings. The maximum absolute atomic E-state index is 11.9. The van der Waals surface area contributed by atoms with E-state index in [1.807, 2.05) is 19.1 Å². The minimum absolute atomic E-state index is 0.00498. The van der Waals surface area contributed by atoms with Crippen molar-refractivity contribution in [2.24, 2.45) is 23.7 Å². The van der Waals surface area contributed by atoms with Crippen molar-refractivity contribution >= 4 is 5.97 Å². The zero-order valence-electron chi connectivity index (χ0n) is 17.2. The standard InChI is InChI=1S/C22H40O4/c1-5-7-9-11-18(21(24)25)20-17(16(3)15-19(20)23)12-14-22(4,26)13-10-8-6-2/h12,14,16-20,23,26H,5-11,13,15H2,1-4H3,(H,24,25)/t16-,17+,18?,19-,20-,22?/m1/s1. The van der Waals surface area contributed by atoms with Crippen LogP contribution in [0, 0.1) is 23.7 Å². The van der Waals surface area contributed by atoms with Gasteiger partial charge in [0, 0.05) is 5.92 Å². The normalized spacial score (nSPS) is 29.8. The van der Waals surface area contributed by atoms with Gasteiger partial charge in [-0.1, -0.05) is 71.4 Å². The van der Waals surface area contributed by atoms with Crippen LogP contribution in [0.1, 0.15) is 85.5 Å². The molecule has 0 heterocycles. The van der Waals surface area contributed by atoms with Crippen LogP contribution < -0.4 is 0 Å². The molecule has 26 heavy (non-hydrogen) atoms. The maximum Gasteiger partial charge on any atom is 0.306 e. The molecular weight excluding hydrogens is 328 g/mol. The van der Waals surface area contributed by atoms with Crippen molar-refractivity contribution in [1.82, 2.24) is 0 Å². The SMILES string of the molecule is CCCCCC(C(=O)O)[C@H]1[C@@H](C=CC(C)(O)CCCCC)[C@H](C)C[C@H]1O. The van der Waals surface area contributed by atoms with Gasteiger partial charge in [-0.25, -0.2) is 0 Å². The Bertz CT molecular complexity index is 443. The summed E-state index contributed by atoms with van der Waals surface area (Å²) in [6.45, 7) is 8.14. The van der Waals surface area contributed by atoms with Crippen LogP contribution in [0.3, 0.4) is 0 Å². The van der Waals surface area contributed by atoms with E-state index in [0.717, 1.165) is 38.5 Å². The lowest BCUT2D eigenvalue weighted by molar-refractivity contribution is -0.146. The number of carboxylic acids is 1. The smallest absolute Gasteiger partial charge is 0.306 e. The summed E-state index contributed by atoms with van der Waals surface area (Å²) in [5.41, 5.74) is -0.867. The van der Waals surface area contributed by atoms with Crippen molar-refractivity contribution in [2.75, 3.05) is 0 Å². The van der Waals surface area contributed by atoms with E-state index >= 15 is 0 Å². The number of rotatable bonds is 12. The van der Waals surface area contributed by atoms with Crippen LogP contribution in [0.2, 0.25) is 0 Å². The predicted molar refractivity (Wildman–Crippen MR) is 106 cm³/mol. The van der Waals surface area contributed by atoms with E-state index in [-0.39, 0.29) is 17.8 Å². The average molecular weight is 369 g/mol. The molecule has 1 aliphatic rings. The van der Waals surface area contributed by atoms with Gasteiger partial charge in [0.15, 0.2) is 0 Å². The zero-order chi connectivity index (χ0) is 19.7. The lowest BCUT2D eigenvalue weighted by Crippen LogP contribution is -2.33. The monoisotopic (exact) mass is 368 g/mol. The van der Waals surface area contributed by atoms with Crippen LogP contribution >= 0.6 is 0 Å². The Kier molecular flexibility index (Phi) is 9.88. The first kappa shape index (κ1) is 23.2. The van der Waals surface area contributed by atoms with Crippen LogP contribution in [-0.4, -0.2) is 33.0 Å². The second-order valence-electron chi connectivity index (χ2n) is 8.55. The van der Waals surface area contributed by atoms with Gasteiger partial charge in [0.05, 0.1) is 17.6 Å². The van der Waals surface area contributed by atoms with E-state index in [2.05, 4.69) is 20.8 Å². The van der Waals surface area contributed by atoms with E-state index < -0.39 is 23.6 Å². The van der Waals surface area contributed by atoms with Crippen molar-refractivity contribution in [3.8, 4) is 0 Å². The number of carboxylic acid groups (broad SMARTS) is 1. The minimum Gasteiger partial charge on any atom is -0.481 e. The largest absolute Gasteiger partial charge is 0.481 e. The van der Waals surface area contributed by atoms with Gasteiger partial charge in [0.2, 0.25) is 0 Å². The second kappa shape index (κ2) is 11.1. The van der Waals surface area contributed by atoms with Gasteiger partial charge in [0.1, 0.15) is 0 Å². The molecular formula is C22H40O4. The van der Waals surface area contributed by atoms with Crippen LogP contribution in [0.15, 0.2) is 12.2 Å². The molecule has 0 aromatic rings. The summed E-state index contributed by atoms with van der Waals surface area (Å²) in [5.74, 6) is -1.34. The third-order valence-corrected chi connectivity index (χ3v) is 6.02. The van der Waals surface area contributed by atoms with Gasteiger partial charge < -0.3 is 15.3 Å². The topological polar surface area (TPSA) is 77.8 Å². The predicted octanol–water partition coefficient (Wildman–Crippen LogP) is 4.79. The fraction of sp³-hybridized carbons (Fsp3) is 0.864. The second-order valence-corrected chi connectivity index (χ2v) is 8.55. The summed E-state index contributed by atoms with van der Waals surface area (Å²) in [7, 11) is 0. The van der Waals surface area contributed by atoms with Crippen LogP contribution in [-0.2, 0) is 4.79 Å². The molecule has 3 N–H and O–H groups in total. The number of aliphatic hydroxyl groups excluding tert-OH is 1. The van der Waals surface area contributed by atoms with Gasteiger partial charge >= 0.3 is 5.97 Å². The Hall–Kier alpha value is -0.870. The van der Waals surface area contributed by atoms with Crippen LogP contribution in [0.4, 0.5) is 0 Å². The van der Waals surface area contributed by atoms with Gasteiger partial charge in [-0.05, 0) is 38.0 Å². The van der Waals surface area contributed by atoms with Crippen molar-refractivity contribution in [3.05, 3.63) is 12.2 Å². The van der Waals surface area contributed by atoms with Gasteiger partial charge in [0.25, 0.3) is 0 Å². The molecule has 1 aliphatic carbocycles. The van der Waals surface area contributed by atoms with E-state index in [1.165, 1.54) is 0 Å². The summed E-state index contributed by atoms with van der Waals surface area (Å²) in [6, 6.07) is 0. The lowest BCUT2D eigenvalue weighted by Gasteiger charge is -2.29. The number of aliphatic hydroxyl groups is 2. The fourth-order valence-electron chi connectivity index (χ4n) is 4.41. The van der Waals surface area contributed by atoms with E-state index in [1.54, 1.807) is 0 Å². The first-order valence-electron chi connectivity index (χ1n) is 10.6. The quantitative estimate of drug-likeness (QED) is 0.342. The van der Waals surface area contributed by atoms with Gasteiger partial charge in [-0.2, -0.15) is 0 Å². The molecule has 0 bridgehead atoms. The highest BCUT2D eigenvalue weighted by atomic mass is 16.4. The average Bonchev–Trinajstić information content (AvgIpc) is 2.83. The molecule has 152 valence electrons. The molecule has 0 aromatic carbocycles. The third-order valence-electron chi connectivity index (χ3n) is 6.02. The van der Waals surface area contributed by atoms with Crippen molar-refractivity contribution in [2.45, 2.75) is 97.2 Å². The summed E-state index contributed by atoms with van der Waals surface area (Å²) in [4.78, 5) is 11.9. The summed E-state index contributed by atoms with van der Waals surface area (Å²) in [6.07, 6.45) is 11.4. The highest BCUT2D eigenvalue weighted by Gasteiger charge is 2.45. The first-order chi connectivity index (χ1) is 12.2. The Morgan fingerprint density at radius 3 is 2.38 bits per heavy atom. The molecule has 6 atom stereocenters. The Morgan fingerprint density at radius 1 is 1.19 bits per heavy atom. The number of hydrogen-bond donors (Lipinski definition) is 3. The van der Waals surface area contributed by atoms with Crippen molar-refractivity contribution in [3.63, 3.8) is 0 Å². The Balaban J connectivity index is 2.87. The zero-order valence-corrected chi connectivity index (χ0v) is 17.2. The molecule has 0 saturated heterocycles. The fourth-order valence-corrected chi connectivity index (χ4v) is 4.41. The lowest BCUT2D eigenvalue weighted by atomic mass is 9.77. The molecule has 4 nitrogen and oxygen atoms in total. The third kappa shape index (κ3) is 7.03. The number of allylic oxidation sites excluding steroid dienone is 1. The van der Waals surface area contributed by atoms with Crippen LogP contribution in [0.5, 0.6) is 0 Å². The number of unbranched alkanes of at least 4 members (excludes halogenated alkanes) is 4. The number of aliphatic carboxylic acids is 1. The van der Waals surface area contributed by atoms with Crippen molar-refractivity contribution in [1.29, 1.82) is 0 Å². The maximum atomic E-state index is 11.9. The Labute approximate surface area is 159 Å². The van der Waals surface area contributed by atoms with Gasteiger partial charge in [-0.15, -0.1) is 0 Å². The summed E-state index contributed by atoms with van der Waals surface area (Å²) < 4.78 is 0. The van der Waals surface area contributed by atoms with E-state index in [9.17, 15) is 20.1 Å². The molecule has 0 radical (unpaired) electrons. The van der Waals surface area contributed by atoms with E-state index in [4.69, 9.17) is 0 Å². The minimum atomic E-state index is -0.867. The molecule has 0 spiro atoms. The number of carbonyl (C=O) groups is 1. The summed E-state index contributed by atoms with van der Waals surface area (Å²) in [5, 5.41) is 30.9. The number of hydrogen-bond acceptors (Lipinski definition) is 3. The van der Waals surface area contributed by atoms with Crippen molar-refractivity contribution < 1.29 is 20.1 Å². The Morgan fingerprint density at radius 2 is 1.81 bits per heavy atom. The molecule has 0 aliphatic heterocycles. The molecule has 1 saturated carbocycles. The molecule has 1 rings (SSSR count). The molecule has 4 heteroatoms. The summed E-state index contributed by atoms with van der Waals surface area (Å²) >= 11 is 0. The molecule has 0 aromatic heterocycles. The molecule has 2 unspecified atom stereocenters. The van der Waals surface area contributed by atoms with Gasteiger partial charge in [-0.3, -0.25) is 4.79 Å². The highest BCUT2D eigenvalue weighted by Crippen LogP contribution is 2.44. The molecule has 0 amide bonds. The first-order valence-corrected chi connectivity index (χ1v) is 10.6. The van der Waals surface area contributed by atoms with Crippen LogP contribution in [0.25, 0.3) is 0 Å².